The monoisotopic (exact) mass is 255 g/mol. The first-order chi connectivity index (χ1) is 9.31. The van der Waals surface area contributed by atoms with Crippen LogP contribution >= 0.6 is 0 Å². The molecule has 2 N–H and O–H groups in total. The van der Waals surface area contributed by atoms with E-state index in [1.54, 1.807) is 0 Å². The van der Waals surface area contributed by atoms with Gasteiger partial charge < -0.3 is 15.0 Å². The molecule has 0 saturated carbocycles. The normalized spacial score (nSPS) is 20.8. The van der Waals surface area contributed by atoms with E-state index in [4.69, 9.17) is 10.5 Å². The maximum absolute atomic E-state index is 6.01. The highest BCUT2D eigenvalue weighted by Crippen LogP contribution is 2.32. The van der Waals surface area contributed by atoms with Gasteiger partial charge in [0.15, 0.2) is 0 Å². The van der Waals surface area contributed by atoms with E-state index in [9.17, 15) is 0 Å². The second-order valence-electron chi connectivity index (χ2n) is 5.41. The van der Waals surface area contributed by atoms with Crippen LogP contribution in [0.1, 0.15) is 17.7 Å². The minimum atomic E-state index is 0.267. The molecule has 2 aromatic rings. The average Bonchev–Trinajstić information content (AvgIpc) is 3.02. The summed E-state index contributed by atoms with van der Waals surface area (Å²) in [5, 5.41) is 0. The summed E-state index contributed by atoms with van der Waals surface area (Å²) in [5.74, 6) is 1.03. The number of aromatic nitrogens is 2. The van der Waals surface area contributed by atoms with Gasteiger partial charge in [-0.3, -0.25) is 0 Å². The average molecular weight is 255 g/mol. The fraction of sp³-hybridized carbons (Fsp3) is 0.400. The third-order valence-electron chi connectivity index (χ3n) is 4.09. The highest BCUT2D eigenvalue weighted by atomic mass is 16.5. The highest BCUT2D eigenvalue weighted by Gasteiger charge is 2.21. The number of imidazole rings is 1. The number of ether oxygens (including phenoxy) is 1. The van der Waals surface area contributed by atoms with E-state index in [1.165, 1.54) is 16.8 Å². The lowest BCUT2D eigenvalue weighted by atomic mass is 10.00. The third-order valence-corrected chi connectivity index (χ3v) is 4.09. The lowest BCUT2D eigenvalue weighted by molar-refractivity contribution is 0.357. The van der Waals surface area contributed by atoms with Crippen LogP contribution < -0.4 is 10.5 Å². The maximum atomic E-state index is 6.01. The molecule has 0 aliphatic carbocycles. The van der Waals surface area contributed by atoms with Crippen LogP contribution in [-0.4, -0.2) is 22.2 Å². The van der Waals surface area contributed by atoms with Crippen LogP contribution in [0.25, 0.3) is 11.3 Å². The van der Waals surface area contributed by atoms with E-state index in [2.05, 4.69) is 27.8 Å². The Morgan fingerprint density at radius 3 is 3.21 bits per heavy atom. The summed E-state index contributed by atoms with van der Waals surface area (Å²) in [5.41, 5.74) is 10.9. The number of rotatable bonds is 1. The number of fused-ring (bicyclic) bond motifs is 2. The molecule has 0 fully saturated rings. The van der Waals surface area contributed by atoms with Crippen molar-refractivity contribution in [3.8, 4) is 17.0 Å². The molecule has 19 heavy (non-hydrogen) atoms. The fourth-order valence-electron chi connectivity index (χ4n) is 3.07. The summed E-state index contributed by atoms with van der Waals surface area (Å²) in [6.45, 7) is 1.69. The third kappa shape index (κ3) is 1.75. The number of nitrogens with two attached hydrogens (primary N) is 1. The zero-order chi connectivity index (χ0) is 12.8. The fourth-order valence-corrected chi connectivity index (χ4v) is 3.07. The lowest BCUT2D eigenvalue weighted by Gasteiger charge is -2.21. The second kappa shape index (κ2) is 4.10. The van der Waals surface area contributed by atoms with Gasteiger partial charge in [0.2, 0.25) is 0 Å². The van der Waals surface area contributed by atoms with Crippen LogP contribution in [0.15, 0.2) is 24.5 Å². The smallest absolute Gasteiger partial charge is 0.122 e. The summed E-state index contributed by atoms with van der Waals surface area (Å²) in [6, 6.07) is 6.67. The van der Waals surface area contributed by atoms with Crippen molar-refractivity contribution in [2.24, 2.45) is 5.73 Å². The van der Waals surface area contributed by atoms with Crippen molar-refractivity contribution in [1.29, 1.82) is 0 Å². The first-order valence-electron chi connectivity index (χ1n) is 6.87. The van der Waals surface area contributed by atoms with Crippen molar-refractivity contribution in [1.82, 2.24) is 9.55 Å². The Morgan fingerprint density at radius 2 is 2.26 bits per heavy atom. The molecule has 0 bridgehead atoms. The molecule has 2 aliphatic rings. The molecular weight excluding hydrogens is 238 g/mol. The van der Waals surface area contributed by atoms with E-state index in [0.717, 1.165) is 43.9 Å². The van der Waals surface area contributed by atoms with Crippen LogP contribution in [0.2, 0.25) is 0 Å². The van der Waals surface area contributed by atoms with Gasteiger partial charge in [-0.25, -0.2) is 4.98 Å². The quantitative estimate of drug-likeness (QED) is 0.844. The summed E-state index contributed by atoms with van der Waals surface area (Å²) in [7, 11) is 0. The van der Waals surface area contributed by atoms with Crippen molar-refractivity contribution in [3.05, 3.63) is 35.8 Å². The zero-order valence-corrected chi connectivity index (χ0v) is 10.8. The Balaban J connectivity index is 1.77. The molecule has 2 aliphatic heterocycles. The maximum Gasteiger partial charge on any atom is 0.122 e. The van der Waals surface area contributed by atoms with Crippen LogP contribution in [0.3, 0.4) is 0 Å². The van der Waals surface area contributed by atoms with Crippen LogP contribution in [0, 0.1) is 0 Å². The molecular formula is C15H17N3O. The van der Waals surface area contributed by atoms with E-state index in [-0.39, 0.29) is 6.04 Å². The minimum Gasteiger partial charge on any atom is -0.493 e. The number of nitrogens with zero attached hydrogens (tertiary/aromatic N) is 2. The zero-order valence-electron chi connectivity index (χ0n) is 10.8. The Morgan fingerprint density at radius 1 is 1.32 bits per heavy atom. The topological polar surface area (TPSA) is 53.1 Å². The molecule has 1 aromatic heterocycles. The molecule has 0 saturated heterocycles. The number of hydrogen-bond acceptors (Lipinski definition) is 3. The second-order valence-corrected chi connectivity index (χ2v) is 5.41. The van der Waals surface area contributed by atoms with E-state index in [0.29, 0.717) is 0 Å². The van der Waals surface area contributed by atoms with Crippen molar-refractivity contribution in [2.45, 2.75) is 31.8 Å². The molecule has 98 valence electrons. The van der Waals surface area contributed by atoms with Crippen molar-refractivity contribution < 1.29 is 4.74 Å². The van der Waals surface area contributed by atoms with Gasteiger partial charge in [-0.2, -0.15) is 0 Å². The van der Waals surface area contributed by atoms with Gasteiger partial charge in [0.1, 0.15) is 5.75 Å². The Kier molecular flexibility index (Phi) is 2.38. The molecule has 1 aromatic carbocycles. The van der Waals surface area contributed by atoms with Crippen LogP contribution in [0.5, 0.6) is 5.75 Å². The highest BCUT2D eigenvalue weighted by molar-refractivity contribution is 5.65. The van der Waals surface area contributed by atoms with Crippen LogP contribution in [0.4, 0.5) is 0 Å². The molecule has 1 atom stereocenters. The standard InChI is InChI=1S/C15H17N3O/c16-12-2-3-13-15(17-9-18(13)8-12)11-1-4-14-10(7-11)5-6-19-14/h1,4,7,9,12H,2-3,5-6,8,16H2. The molecule has 0 amide bonds. The number of hydrogen-bond donors (Lipinski definition) is 1. The molecule has 0 radical (unpaired) electrons. The van der Waals surface area contributed by atoms with Crippen molar-refractivity contribution >= 4 is 0 Å². The van der Waals surface area contributed by atoms with E-state index < -0.39 is 0 Å². The molecule has 4 rings (SSSR count). The van der Waals surface area contributed by atoms with Crippen LogP contribution in [-0.2, 0) is 19.4 Å². The van der Waals surface area contributed by atoms with Gasteiger partial charge in [0, 0.05) is 30.3 Å². The molecule has 4 nitrogen and oxygen atoms in total. The van der Waals surface area contributed by atoms with Gasteiger partial charge >= 0.3 is 0 Å². The summed E-state index contributed by atoms with van der Waals surface area (Å²) in [4.78, 5) is 4.59. The Labute approximate surface area is 112 Å². The first kappa shape index (κ1) is 11.1. The van der Waals surface area contributed by atoms with E-state index in [1.807, 2.05) is 6.33 Å². The molecule has 1 unspecified atom stereocenters. The molecule has 4 heteroatoms. The predicted molar refractivity (Wildman–Crippen MR) is 73.2 cm³/mol. The summed E-state index contributed by atoms with van der Waals surface area (Å²) >= 11 is 0. The Bertz CT molecular complexity index is 632. The SMILES string of the molecule is NC1CCc2c(-c3ccc4c(c3)CCO4)ncn2C1. The van der Waals surface area contributed by atoms with Gasteiger partial charge in [-0.1, -0.05) is 0 Å². The van der Waals surface area contributed by atoms with Gasteiger partial charge in [0.25, 0.3) is 0 Å². The first-order valence-corrected chi connectivity index (χ1v) is 6.87. The summed E-state index contributed by atoms with van der Waals surface area (Å²) in [6.07, 6.45) is 4.99. The van der Waals surface area contributed by atoms with Gasteiger partial charge in [-0.15, -0.1) is 0 Å². The molecule has 3 heterocycles. The van der Waals surface area contributed by atoms with Gasteiger partial charge in [-0.05, 0) is 36.6 Å². The number of benzene rings is 1. The van der Waals surface area contributed by atoms with Crippen molar-refractivity contribution in [3.63, 3.8) is 0 Å². The van der Waals surface area contributed by atoms with Gasteiger partial charge in [0.05, 0.1) is 18.6 Å². The summed E-state index contributed by atoms with van der Waals surface area (Å²) < 4.78 is 7.76. The largest absolute Gasteiger partial charge is 0.493 e. The minimum absolute atomic E-state index is 0.267. The Hall–Kier alpha value is -1.81. The lowest BCUT2D eigenvalue weighted by Crippen LogP contribution is -2.31. The molecule has 0 spiro atoms. The van der Waals surface area contributed by atoms with E-state index >= 15 is 0 Å². The van der Waals surface area contributed by atoms with Crippen molar-refractivity contribution in [2.75, 3.05) is 6.61 Å². The predicted octanol–water partition coefficient (Wildman–Crippen LogP) is 1.76.